The first-order chi connectivity index (χ1) is 12.5. The monoisotopic (exact) mass is 375 g/mol. The molecular weight excluding hydrogens is 354 g/mol. The summed E-state index contributed by atoms with van der Waals surface area (Å²) in [7, 11) is 0. The third-order valence-electron chi connectivity index (χ3n) is 3.20. The van der Waals surface area contributed by atoms with E-state index in [0.29, 0.717) is 46.8 Å². The van der Waals surface area contributed by atoms with Gasteiger partial charge in [0, 0.05) is 12.4 Å². The number of halogens is 1. The molecule has 1 aromatic carbocycles. The van der Waals surface area contributed by atoms with Gasteiger partial charge in [0.15, 0.2) is 11.5 Å². The molecule has 0 saturated heterocycles. The van der Waals surface area contributed by atoms with Gasteiger partial charge in [-0.15, -0.1) is 0 Å². The molecule has 0 radical (unpaired) electrons. The Kier molecular flexibility index (Phi) is 7.41. The van der Waals surface area contributed by atoms with Crippen molar-refractivity contribution in [3.05, 3.63) is 52.8 Å². The maximum atomic E-state index is 11.9. The standard InChI is InChI=1S/C19H22ClN3O3/c1-4-25-17-9-14(8-16(20)18(17)26-12-13(2)3)10-22-23-19(24)15-6-5-7-21-11-15/h5-11,13H,4,12H2,1-3H3,(H,23,24)/b22-10-. The Morgan fingerprint density at radius 2 is 2.19 bits per heavy atom. The lowest BCUT2D eigenvalue weighted by Crippen LogP contribution is -2.17. The van der Waals surface area contributed by atoms with Gasteiger partial charge in [0.25, 0.3) is 5.91 Å². The third-order valence-corrected chi connectivity index (χ3v) is 3.48. The highest BCUT2D eigenvalue weighted by molar-refractivity contribution is 6.32. The van der Waals surface area contributed by atoms with Crippen LogP contribution in [0.5, 0.6) is 11.5 Å². The average Bonchev–Trinajstić information content (AvgIpc) is 2.61. The summed E-state index contributed by atoms with van der Waals surface area (Å²) in [5.74, 6) is 1.08. The van der Waals surface area contributed by atoms with Crippen LogP contribution in [-0.2, 0) is 0 Å². The molecule has 2 rings (SSSR count). The summed E-state index contributed by atoms with van der Waals surface area (Å²) in [5.41, 5.74) is 3.56. The summed E-state index contributed by atoms with van der Waals surface area (Å²) in [6.07, 6.45) is 4.56. The second-order valence-electron chi connectivity index (χ2n) is 5.91. The largest absolute Gasteiger partial charge is 0.490 e. The first kappa shape index (κ1) is 19.7. The van der Waals surface area contributed by atoms with E-state index in [0.717, 1.165) is 0 Å². The number of rotatable bonds is 8. The maximum Gasteiger partial charge on any atom is 0.272 e. The molecular formula is C19H22ClN3O3. The van der Waals surface area contributed by atoms with E-state index in [2.05, 4.69) is 29.4 Å². The van der Waals surface area contributed by atoms with Gasteiger partial charge in [-0.25, -0.2) is 5.43 Å². The average molecular weight is 376 g/mol. The van der Waals surface area contributed by atoms with Gasteiger partial charge in [-0.05, 0) is 42.7 Å². The van der Waals surface area contributed by atoms with Gasteiger partial charge >= 0.3 is 0 Å². The third kappa shape index (κ3) is 5.74. The number of nitrogens with zero attached hydrogens (tertiary/aromatic N) is 2. The normalized spacial score (nSPS) is 11.0. The lowest BCUT2D eigenvalue weighted by atomic mass is 10.2. The van der Waals surface area contributed by atoms with E-state index in [1.54, 1.807) is 30.5 Å². The Hall–Kier alpha value is -2.60. The molecule has 1 amide bonds. The second kappa shape index (κ2) is 9.77. The lowest BCUT2D eigenvalue weighted by molar-refractivity contribution is 0.0955. The SMILES string of the molecule is CCOc1cc(/C=N\NC(=O)c2cccnc2)cc(Cl)c1OCC(C)C. The van der Waals surface area contributed by atoms with Gasteiger partial charge in [-0.3, -0.25) is 9.78 Å². The van der Waals surface area contributed by atoms with Crippen molar-refractivity contribution < 1.29 is 14.3 Å². The minimum Gasteiger partial charge on any atom is -0.490 e. The van der Waals surface area contributed by atoms with E-state index in [1.165, 1.54) is 12.4 Å². The van der Waals surface area contributed by atoms with Crippen LogP contribution >= 0.6 is 11.6 Å². The fraction of sp³-hybridized carbons (Fsp3) is 0.316. The fourth-order valence-corrected chi connectivity index (χ4v) is 2.32. The van der Waals surface area contributed by atoms with Crippen LogP contribution < -0.4 is 14.9 Å². The minimum absolute atomic E-state index is 0.345. The molecule has 138 valence electrons. The molecule has 6 nitrogen and oxygen atoms in total. The summed E-state index contributed by atoms with van der Waals surface area (Å²) in [4.78, 5) is 15.8. The highest BCUT2D eigenvalue weighted by Gasteiger charge is 2.13. The molecule has 0 aliphatic heterocycles. The van der Waals surface area contributed by atoms with Crippen LogP contribution in [0.1, 0.15) is 36.7 Å². The van der Waals surface area contributed by atoms with Gasteiger partial charge in [0.2, 0.25) is 0 Å². The predicted molar refractivity (Wildman–Crippen MR) is 102 cm³/mol. The Morgan fingerprint density at radius 3 is 2.85 bits per heavy atom. The summed E-state index contributed by atoms with van der Waals surface area (Å²) >= 11 is 6.33. The quantitative estimate of drug-likeness (QED) is 0.560. The Morgan fingerprint density at radius 1 is 1.38 bits per heavy atom. The van der Waals surface area contributed by atoms with Gasteiger partial charge in [0.1, 0.15) is 0 Å². The molecule has 0 spiro atoms. The number of carbonyl (C=O) groups excluding carboxylic acids is 1. The first-order valence-corrected chi connectivity index (χ1v) is 8.71. The van der Waals surface area contributed by atoms with Crippen LogP contribution in [0.4, 0.5) is 0 Å². The summed E-state index contributed by atoms with van der Waals surface area (Å²) in [6, 6.07) is 6.82. The van der Waals surface area contributed by atoms with Crippen molar-refractivity contribution in [3.63, 3.8) is 0 Å². The molecule has 0 fully saturated rings. The van der Waals surface area contributed by atoms with Gasteiger partial charge in [0.05, 0.1) is 30.0 Å². The fourth-order valence-electron chi connectivity index (χ4n) is 2.04. The maximum absolute atomic E-state index is 11.9. The highest BCUT2D eigenvalue weighted by atomic mass is 35.5. The number of aromatic nitrogens is 1. The topological polar surface area (TPSA) is 72.8 Å². The van der Waals surface area contributed by atoms with Gasteiger partial charge in [-0.1, -0.05) is 25.4 Å². The molecule has 0 atom stereocenters. The van der Waals surface area contributed by atoms with Crippen molar-refractivity contribution in [3.8, 4) is 11.5 Å². The number of amides is 1. The zero-order valence-electron chi connectivity index (χ0n) is 15.0. The molecule has 1 aromatic heterocycles. The number of nitrogens with one attached hydrogen (secondary N) is 1. The minimum atomic E-state index is -0.345. The Balaban J connectivity index is 2.12. The molecule has 0 bridgehead atoms. The Bertz CT molecular complexity index is 764. The van der Waals surface area contributed by atoms with Crippen molar-refractivity contribution in [2.75, 3.05) is 13.2 Å². The molecule has 7 heteroatoms. The second-order valence-corrected chi connectivity index (χ2v) is 6.32. The van der Waals surface area contributed by atoms with E-state index in [-0.39, 0.29) is 5.91 Å². The van der Waals surface area contributed by atoms with Crippen LogP contribution in [0.2, 0.25) is 5.02 Å². The van der Waals surface area contributed by atoms with Crippen molar-refractivity contribution in [1.82, 2.24) is 10.4 Å². The molecule has 0 aliphatic carbocycles. The molecule has 0 aliphatic rings. The van der Waals surface area contributed by atoms with Crippen molar-refractivity contribution in [2.24, 2.45) is 11.0 Å². The van der Waals surface area contributed by atoms with Crippen LogP contribution in [0.25, 0.3) is 0 Å². The molecule has 2 aromatic rings. The molecule has 0 saturated carbocycles. The van der Waals surface area contributed by atoms with E-state index in [4.69, 9.17) is 21.1 Å². The zero-order valence-corrected chi connectivity index (χ0v) is 15.8. The molecule has 1 N–H and O–H groups in total. The number of hydrogen-bond donors (Lipinski definition) is 1. The van der Waals surface area contributed by atoms with Gasteiger partial charge < -0.3 is 9.47 Å². The van der Waals surface area contributed by atoms with E-state index >= 15 is 0 Å². The van der Waals surface area contributed by atoms with Crippen molar-refractivity contribution in [2.45, 2.75) is 20.8 Å². The Labute approximate surface area is 158 Å². The van der Waals surface area contributed by atoms with Gasteiger partial charge in [-0.2, -0.15) is 5.10 Å². The number of benzene rings is 1. The summed E-state index contributed by atoms with van der Waals surface area (Å²) in [5, 5.41) is 4.38. The molecule has 0 unspecified atom stereocenters. The highest BCUT2D eigenvalue weighted by Crippen LogP contribution is 2.36. The number of ether oxygens (including phenoxy) is 2. The smallest absolute Gasteiger partial charge is 0.272 e. The van der Waals surface area contributed by atoms with Crippen molar-refractivity contribution in [1.29, 1.82) is 0 Å². The van der Waals surface area contributed by atoms with E-state index < -0.39 is 0 Å². The molecule has 26 heavy (non-hydrogen) atoms. The first-order valence-electron chi connectivity index (χ1n) is 8.33. The number of hydrogen-bond acceptors (Lipinski definition) is 5. The van der Waals surface area contributed by atoms with Crippen molar-refractivity contribution >= 4 is 23.7 Å². The number of hydrazone groups is 1. The number of carbonyl (C=O) groups is 1. The van der Waals surface area contributed by atoms with Crippen LogP contribution in [0.3, 0.4) is 0 Å². The van der Waals surface area contributed by atoms with Crippen LogP contribution in [0, 0.1) is 5.92 Å². The predicted octanol–water partition coefficient (Wildman–Crippen LogP) is 3.93. The number of pyridine rings is 1. The lowest BCUT2D eigenvalue weighted by Gasteiger charge is -2.15. The summed E-state index contributed by atoms with van der Waals surface area (Å²) in [6.45, 7) is 7.01. The summed E-state index contributed by atoms with van der Waals surface area (Å²) < 4.78 is 11.4. The van der Waals surface area contributed by atoms with Crippen LogP contribution in [-0.4, -0.2) is 30.3 Å². The van der Waals surface area contributed by atoms with E-state index in [1.807, 2.05) is 6.92 Å². The molecule has 1 heterocycles. The zero-order chi connectivity index (χ0) is 18.9. The van der Waals surface area contributed by atoms with E-state index in [9.17, 15) is 4.79 Å². The van der Waals surface area contributed by atoms with Crippen LogP contribution in [0.15, 0.2) is 41.8 Å².